The number of halogens is 1. The van der Waals surface area contributed by atoms with Crippen molar-refractivity contribution in [1.29, 1.82) is 0 Å². The number of benzene rings is 2. The van der Waals surface area contributed by atoms with Crippen molar-refractivity contribution in [2.24, 2.45) is 0 Å². The third-order valence-electron chi connectivity index (χ3n) is 4.46. The fraction of sp³-hybridized carbons (Fsp3) is 0.250. The lowest BCUT2D eigenvalue weighted by molar-refractivity contribution is -0.121. The summed E-state index contributed by atoms with van der Waals surface area (Å²) in [6, 6.07) is 12.8. The zero-order valence-corrected chi connectivity index (χ0v) is 16.5. The second-order valence-corrected chi connectivity index (χ2v) is 7.37. The number of ether oxygens (including phenoxy) is 2. The van der Waals surface area contributed by atoms with Crippen LogP contribution in [0.25, 0.3) is 10.9 Å². The van der Waals surface area contributed by atoms with Crippen LogP contribution in [0, 0.1) is 0 Å². The standard InChI is InChI=1S/C20H18BrN3O4/c21-13-5-6-16-15(9-13)20(26)24(12-23-16)8-7-19(25)22-10-14-11-27-17-3-1-2-4-18(17)28-14/h1-6,9,12,14H,7-8,10-11H2,(H,22,25)/t14-/m0/s1. The molecule has 0 saturated carbocycles. The monoisotopic (exact) mass is 443 g/mol. The second kappa shape index (κ2) is 8.02. The van der Waals surface area contributed by atoms with Crippen LogP contribution < -0.4 is 20.3 Å². The van der Waals surface area contributed by atoms with Crippen molar-refractivity contribution in [3.63, 3.8) is 0 Å². The number of aromatic nitrogens is 2. The molecule has 8 heteroatoms. The van der Waals surface area contributed by atoms with Crippen LogP contribution in [0.1, 0.15) is 6.42 Å². The minimum absolute atomic E-state index is 0.163. The highest BCUT2D eigenvalue weighted by atomic mass is 79.9. The summed E-state index contributed by atoms with van der Waals surface area (Å²) >= 11 is 3.36. The molecular weight excluding hydrogens is 426 g/mol. The number of carbonyl (C=O) groups is 1. The fourth-order valence-corrected chi connectivity index (χ4v) is 3.35. The van der Waals surface area contributed by atoms with E-state index in [2.05, 4.69) is 26.2 Å². The van der Waals surface area contributed by atoms with E-state index >= 15 is 0 Å². The Morgan fingerprint density at radius 1 is 1.25 bits per heavy atom. The molecular formula is C20H18BrN3O4. The van der Waals surface area contributed by atoms with E-state index in [1.165, 1.54) is 10.9 Å². The molecule has 2 heterocycles. The molecule has 3 aromatic rings. The van der Waals surface area contributed by atoms with Crippen LogP contribution in [0.3, 0.4) is 0 Å². The average molecular weight is 444 g/mol. The van der Waals surface area contributed by atoms with Crippen LogP contribution in [0.15, 0.2) is 58.1 Å². The largest absolute Gasteiger partial charge is 0.486 e. The molecule has 1 aliphatic rings. The molecule has 1 atom stereocenters. The van der Waals surface area contributed by atoms with Gasteiger partial charge in [0.15, 0.2) is 11.5 Å². The number of nitrogens with one attached hydrogen (secondary N) is 1. The maximum Gasteiger partial charge on any atom is 0.261 e. The Bertz CT molecular complexity index is 1080. The molecule has 0 spiro atoms. The first-order valence-electron chi connectivity index (χ1n) is 8.90. The maximum atomic E-state index is 12.5. The molecule has 7 nitrogen and oxygen atoms in total. The van der Waals surface area contributed by atoms with E-state index < -0.39 is 0 Å². The number of amides is 1. The lowest BCUT2D eigenvalue weighted by Gasteiger charge is -2.26. The Hall–Kier alpha value is -2.87. The molecule has 4 rings (SSSR count). The number of aryl methyl sites for hydroxylation is 1. The first-order chi connectivity index (χ1) is 13.6. The van der Waals surface area contributed by atoms with Gasteiger partial charge in [0.05, 0.1) is 23.8 Å². The van der Waals surface area contributed by atoms with Crippen LogP contribution in [-0.4, -0.2) is 34.7 Å². The minimum atomic E-state index is -0.249. The highest BCUT2D eigenvalue weighted by molar-refractivity contribution is 9.10. The Morgan fingerprint density at radius 3 is 2.93 bits per heavy atom. The van der Waals surface area contributed by atoms with Crippen molar-refractivity contribution in [3.8, 4) is 11.5 Å². The quantitative estimate of drug-likeness (QED) is 0.654. The van der Waals surface area contributed by atoms with Crippen molar-refractivity contribution >= 4 is 32.7 Å². The highest BCUT2D eigenvalue weighted by Gasteiger charge is 2.21. The molecule has 0 radical (unpaired) electrons. The van der Waals surface area contributed by atoms with Gasteiger partial charge in [0.2, 0.25) is 5.91 Å². The zero-order valence-electron chi connectivity index (χ0n) is 14.9. The summed E-state index contributed by atoms with van der Waals surface area (Å²) in [6.07, 6.45) is 1.40. The minimum Gasteiger partial charge on any atom is -0.486 e. The summed E-state index contributed by atoms with van der Waals surface area (Å²) in [5, 5.41) is 3.35. The van der Waals surface area contributed by atoms with E-state index in [9.17, 15) is 9.59 Å². The van der Waals surface area contributed by atoms with Gasteiger partial charge in [-0.15, -0.1) is 0 Å². The Balaban J connectivity index is 1.32. The fourth-order valence-electron chi connectivity index (χ4n) is 2.99. The van der Waals surface area contributed by atoms with Crippen LogP contribution in [0.2, 0.25) is 0 Å². The SMILES string of the molecule is O=C(CCn1cnc2ccc(Br)cc2c1=O)NC[C@H]1COc2ccccc2O1. The Kier molecular flexibility index (Phi) is 5.29. The predicted molar refractivity (Wildman–Crippen MR) is 108 cm³/mol. The van der Waals surface area contributed by atoms with Gasteiger partial charge in [0.1, 0.15) is 12.7 Å². The Morgan fingerprint density at radius 2 is 2.07 bits per heavy atom. The van der Waals surface area contributed by atoms with Gasteiger partial charge in [0.25, 0.3) is 5.56 Å². The van der Waals surface area contributed by atoms with Gasteiger partial charge >= 0.3 is 0 Å². The molecule has 2 aromatic carbocycles. The van der Waals surface area contributed by atoms with E-state index in [-0.39, 0.29) is 30.5 Å². The molecule has 0 unspecified atom stereocenters. The number of hydrogen-bond acceptors (Lipinski definition) is 5. The van der Waals surface area contributed by atoms with Gasteiger partial charge in [-0.2, -0.15) is 0 Å². The average Bonchev–Trinajstić information content (AvgIpc) is 2.72. The number of hydrogen-bond donors (Lipinski definition) is 1. The molecule has 0 bridgehead atoms. The predicted octanol–water partition coefficient (Wildman–Crippen LogP) is 2.51. The van der Waals surface area contributed by atoms with Crippen molar-refractivity contribution in [3.05, 3.63) is 63.6 Å². The second-order valence-electron chi connectivity index (χ2n) is 6.46. The molecule has 0 saturated heterocycles. The molecule has 144 valence electrons. The van der Waals surface area contributed by atoms with Gasteiger partial charge in [-0.3, -0.25) is 14.2 Å². The van der Waals surface area contributed by atoms with Gasteiger partial charge in [-0.25, -0.2) is 4.98 Å². The molecule has 0 fully saturated rings. The summed E-state index contributed by atoms with van der Waals surface area (Å²) in [5.74, 6) is 1.22. The summed E-state index contributed by atoms with van der Waals surface area (Å²) in [5.41, 5.74) is 0.461. The van der Waals surface area contributed by atoms with Crippen LogP contribution >= 0.6 is 15.9 Å². The number of rotatable bonds is 5. The molecule has 1 N–H and O–H groups in total. The van der Waals surface area contributed by atoms with Gasteiger partial charge in [-0.1, -0.05) is 28.1 Å². The maximum absolute atomic E-state index is 12.5. The molecule has 1 amide bonds. The summed E-state index contributed by atoms with van der Waals surface area (Å²) in [7, 11) is 0. The summed E-state index contributed by atoms with van der Waals surface area (Å²) < 4.78 is 13.7. The lowest BCUT2D eigenvalue weighted by atomic mass is 10.2. The lowest BCUT2D eigenvalue weighted by Crippen LogP contribution is -2.41. The van der Waals surface area contributed by atoms with Gasteiger partial charge < -0.3 is 14.8 Å². The van der Waals surface area contributed by atoms with Crippen molar-refractivity contribution in [2.45, 2.75) is 19.1 Å². The summed E-state index contributed by atoms with van der Waals surface area (Å²) in [4.78, 5) is 29.0. The van der Waals surface area contributed by atoms with E-state index in [0.29, 0.717) is 35.6 Å². The van der Waals surface area contributed by atoms with Crippen molar-refractivity contribution in [2.75, 3.05) is 13.2 Å². The number of carbonyl (C=O) groups excluding carboxylic acids is 1. The topological polar surface area (TPSA) is 82.5 Å². The zero-order chi connectivity index (χ0) is 19.5. The van der Waals surface area contributed by atoms with Crippen LogP contribution in [0.5, 0.6) is 11.5 Å². The molecule has 1 aliphatic heterocycles. The third-order valence-corrected chi connectivity index (χ3v) is 4.95. The third kappa shape index (κ3) is 4.01. The number of nitrogens with zero attached hydrogens (tertiary/aromatic N) is 2. The van der Waals surface area contributed by atoms with E-state index in [1.807, 2.05) is 30.3 Å². The number of para-hydroxylation sites is 2. The molecule has 28 heavy (non-hydrogen) atoms. The van der Waals surface area contributed by atoms with E-state index in [4.69, 9.17) is 9.47 Å². The van der Waals surface area contributed by atoms with Gasteiger partial charge in [-0.05, 0) is 30.3 Å². The first-order valence-corrected chi connectivity index (χ1v) is 9.69. The van der Waals surface area contributed by atoms with Crippen molar-refractivity contribution < 1.29 is 14.3 Å². The summed E-state index contributed by atoms with van der Waals surface area (Å²) in [6.45, 7) is 0.968. The number of fused-ring (bicyclic) bond motifs is 2. The molecule has 0 aliphatic carbocycles. The first kappa shape index (κ1) is 18.5. The highest BCUT2D eigenvalue weighted by Crippen LogP contribution is 2.30. The van der Waals surface area contributed by atoms with Crippen LogP contribution in [-0.2, 0) is 11.3 Å². The van der Waals surface area contributed by atoms with E-state index in [0.717, 1.165) is 4.47 Å². The van der Waals surface area contributed by atoms with Crippen LogP contribution in [0.4, 0.5) is 0 Å². The molecule has 1 aromatic heterocycles. The smallest absolute Gasteiger partial charge is 0.261 e. The van der Waals surface area contributed by atoms with E-state index in [1.54, 1.807) is 12.1 Å². The Labute approximate surface area is 169 Å². The van der Waals surface area contributed by atoms with Gasteiger partial charge in [0, 0.05) is 17.4 Å². The van der Waals surface area contributed by atoms with Crippen molar-refractivity contribution in [1.82, 2.24) is 14.9 Å². The normalized spacial score (nSPS) is 15.4.